The third-order valence-electron chi connectivity index (χ3n) is 3.58. The van der Waals surface area contributed by atoms with Gasteiger partial charge in [-0.2, -0.15) is 0 Å². The van der Waals surface area contributed by atoms with Crippen molar-refractivity contribution in [2.24, 2.45) is 11.8 Å². The van der Waals surface area contributed by atoms with Crippen LogP contribution in [0.25, 0.3) is 0 Å². The molecule has 0 aliphatic heterocycles. The molecular formula is C15H26N2O3. The van der Waals surface area contributed by atoms with E-state index >= 15 is 0 Å². The molecule has 5 nitrogen and oxygen atoms in total. The fourth-order valence-electron chi connectivity index (χ4n) is 2.19. The molecule has 0 saturated carbocycles. The van der Waals surface area contributed by atoms with Crippen LogP contribution in [0.1, 0.15) is 18.9 Å². The summed E-state index contributed by atoms with van der Waals surface area (Å²) in [6.45, 7) is 2.91. The van der Waals surface area contributed by atoms with Crippen LogP contribution in [-0.4, -0.2) is 34.0 Å². The molecule has 3 N–H and O–H groups in total. The van der Waals surface area contributed by atoms with Crippen LogP contribution in [0.4, 0.5) is 0 Å². The van der Waals surface area contributed by atoms with Gasteiger partial charge >= 0.3 is 0 Å². The highest BCUT2D eigenvalue weighted by molar-refractivity contribution is 5.43. The minimum atomic E-state index is 0.197. The van der Waals surface area contributed by atoms with Crippen molar-refractivity contribution in [1.82, 2.24) is 5.43 Å². The number of nitrogens with one attached hydrogen (secondary N) is 1. The molecule has 1 aromatic carbocycles. The zero-order chi connectivity index (χ0) is 15.0. The number of hydrogen-bond donors (Lipinski definition) is 2. The Morgan fingerprint density at radius 2 is 1.85 bits per heavy atom. The minimum Gasteiger partial charge on any atom is -0.493 e. The molecule has 0 radical (unpaired) electrons. The van der Waals surface area contributed by atoms with E-state index in [1.54, 1.807) is 21.3 Å². The first kappa shape index (κ1) is 16.8. The molecule has 0 aliphatic rings. The maximum atomic E-state index is 5.67. The fraction of sp³-hybridized carbons (Fsp3) is 0.600. The first-order valence-electron chi connectivity index (χ1n) is 6.82. The van der Waals surface area contributed by atoms with Crippen LogP contribution >= 0.6 is 0 Å². The van der Waals surface area contributed by atoms with Crippen LogP contribution in [0, 0.1) is 5.92 Å². The Labute approximate surface area is 121 Å². The Balaban J connectivity index is 2.74. The zero-order valence-electron chi connectivity index (χ0n) is 12.8. The van der Waals surface area contributed by atoms with Gasteiger partial charge in [-0.25, -0.2) is 0 Å². The Hall–Kier alpha value is -1.30. The average molecular weight is 282 g/mol. The van der Waals surface area contributed by atoms with Gasteiger partial charge in [0, 0.05) is 19.8 Å². The summed E-state index contributed by atoms with van der Waals surface area (Å²) in [7, 11) is 4.99. The van der Waals surface area contributed by atoms with Gasteiger partial charge in [0.05, 0.1) is 14.2 Å². The molecule has 0 bridgehead atoms. The molecule has 0 fully saturated rings. The molecule has 1 aromatic rings. The summed E-state index contributed by atoms with van der Waals surface area (Å²) in [6, 6.07) is 6.14. The van der Waals surface area contributed by atoms with Crippen LogP contribution in [0.2, 0.25) is 0 Å². The van der Waals surface area contributed by atoms with E-state index in [4.69, 9.17) is 20.1 Å². The van der Waals surface area contributed by atoms with Crippen molar-refractivity contribution in [2.45, 2.75) is 25.8 Å². The molecular weight excluding hydrogens is 256 g/mol. The number of hydrogen-bond acceptors (Lipinski definition) is 5. The summed E-state index contributed by atoms with van der Waals surface area (Å²) in [4.78, 5) is 0. The molecule has 0 spiro atoms. The van der Waals surface area contributed by atoms with E-state index < -0.39 is 0 Å². The first-order chi connectivity index (χ1) is 9.65. The fourth-order valence-corrected chi connectivity index (χ4v) is 2.19. The number of hydrazine groups is 1. The summed E-state index contributed by atoms with van der Waals surface area (Å²) in [6.07, 6.45) is 1.81. The summed E-state index contributed by atoms with van der Waals surface area (Å²) in [5.74, 6) is 7.58. The second-order valence-corrected chi connectivity index (χ2v) is 4.93. The van der Waals surface area contributed by atoms with Gasteiger partial charge in [0.25, 0.3) is 0 Å². The summed E-state index contributed by atoms with van der Waals surface area (Å²) >= 11 is 0. The summed E-state index contributed by atoms with van der Waals surface area (Å²) < 4.78 is 15.7. The van der Waals surface area contributed by atoms with Crippen molar-refractivity contribution in [3.63, 3.8) is 0 Å². The highest BCUT2D eigenvalue weighted by Gasteiger charge is 2.17. The number of ether oxygens (including phenoxy) is 3. The van der Waals surface area contributed by atoms with Gasteiger partial charge in [0.2, 0.25) is 0 Å². The van der Waals surface area contributed by atoms with Crippen molar-refractivity contribution in [3.05, 3.63) is 23.8 Å². The molecule has 0 aromatic heterocycles. The Kier molecular flexibility index (Phi) is 7.36. The van der Waals surface area contributed by atoms with E-state index in [1.807, 2.05) is 18.2 Å². The zero-order valence-corrected chi connectivity index (χ0v) is 12.8. The van der Waals surface area contributed by atoms with Gasteiger partial charge in [-0.15, -0.1) is 0 Å². The highest BCUT2D eigenvalue weighted by Crippen LogP contribution is 2.28. The Morgan fingerprint density at radius 3 is 2.40 bits per heavy atom. The molecule has 2 atom stereocenters. The molecule has 0 aliphatic carbocycles. The van der Waals surface area contributed by atoms with E-state index in [2.05, 4.69) is 12.3 Å². The van der Waals surface area contributed by atoms with Crippen LogP contribution in [-0.2, 0) is 11.2 Å². The summed E-state index contributed by atoms with van der Waals surface area (Å²) in [5.41, 5.74) is 4.06. The molecule has 0 heterocycles. The quantitative estimate of drug-likeness (QED) is 0.533. The van der Waals surface area contributed by atoms with Gasteiger partial charge in [0.1, 0.15) is 0 Å². The van der Waals surface area contributed by atoms with Gasteiger partial charge in [0.15, 0.2) is 11.5 Å². The van der Waals surface area contributed by atoms with E-state index in [0.717, 1.165) is 36.5 Å². The molecule has 1 rings (SSSR count). The maximum Gasteiger partial charge on any atom is 0.160 e. The minimum absolute atomic E-state index is 0.197. The maximum absolute atomic E-state index is 5.67. The van der Waals surface area contributed by atoms with Crippen LogP contribution in [0.15, 0.2) is 18.2 Å². The van der Waals surface area contributed by atoms with Gasteiger partial charge in [-0.05, 0) is 36.5 Å². The average Bonchev–Trinajstić information content (AvgIpc) is 2.49. The van der Waals surface area contributed by atoms with E-state index in [1.165, 1.54) is 0 Å². The number of benzene rings is 1. The second kappa shape index (κ2) is 8.79. The van der Waals surface area contributed by atoms with Gasteiger partial charge < -0.3 is 14.2 Å². The first-order valence-corrected chi connectivity index (χ1v) is 6.82. The number of nitrogens with two attached hydrogens (primary N) is 1. The third-order valence-corrected chi connectivity index (χ3v) is 3.58. The third kappa shape index (κ3) is 4.67. The van der Waals surface area contributed by atoms with Crippen molar-refractivity contribution in [3.8, 4) is 11.5 Å². The van der Waals surface area contributed by atoms with Crippen LogP contribution in [0.3, 0.4) is 0 Å². The lowest BCUT2D eigenvalue weighted by atomic mass is 9.93. The molecule has 0 amide bonds. The Bertz CT molecular complexity index is 399. The highest BCUT2D eigenvalue weighted by atomic mass is 16.5. The Morgan fingerprint density at radius 1 is 1.15 bits per heavy atom. The smallest absolute Gasteiger partial charge is 0.160 e. The van der Waals surface area contributed by atoms with Gasteiger partial charge in [-0.1, -0.05) is 13.0 Å². The standard InChI is InChI=1S/C15H26N2O3/c1-11(7-8-18-2)13(17-16)9-12-5-6-14(19-3)15(10-12)20-4/h5-6,10-11,13,17H,7-9,16H2,1-4H3. The van der Waals surface area contributed by atoms with Crippen molar-refractivity contribution in [2.75, 3.05) is 27.9 Å². The normalized spacial score (nSPS) is 13.8. The molecule has 2 unspecified atom stereocenters. The summed E-state index contributed by atoms with van der Waals surface area (Å²) in [5, 5.41) is 0. The van der Waals surface area contributed by atoms with Crippen molar-refractivity contribution < 1.29 is 14.2 Å². The predicted octanol–water partition coefficient (Wildman–Crippen LogP) is 1.75. The lowest BCUT2D eigenvalue weighted by Crippen LogP contribution is -2.41. The monoisotopic (exact) mass is 282 g/mol. The van der Waals surface area contributed by atoms with Crippen molar-refractivity contribution in [1.29, 1.82) is 0 Å². The van der Waals surface area contributed by atoms with E-state index in [0.29, 0.717) is 5.92 Å². The van der Waals surface area contributed by atoms with Crippen molar-refractivity contribution >= 4 is 0 Å². The molecule has 114 valence electrons. The van der Waals surface area contributed by atoms with Gasteiger partial charge in [-0.3, -0.25) is 11.3 Å². The van der Waals surface area contributed by atoms with E-state index in [9.17, 15) is 0 Å². The lowest BCUT2D eigenvalue weighted by molar-refractivity contribution is 0.170. The predicted molar refractivity (Wildman–Crippen MR) is 80.0 cm³/mol. The molecule has 5 heteroatoms. The molecule has 0 saturated heterocycles. The second-order valence-electron chi connectivity index (χ2n) is 4.93. The molecule has 20 heavy (non-hydrogen) atoms. The van der Waals surface area contributed by atoms with Crippen LogP contribution in [0.5, 0.6) is 11.5 Å². The largest absolute Gasteiger partial charge is 0.493 e. The topological polar surface area (TPSA) is 65.7 Å². The van der Waals surface area contributed by atoms with Crippen LogP contribution < -0.4 is 20.7 Å². The number of rotatable bonds is 9. The van der Waals surface area contributed by atoms with E-state index in [-0.39, 0.29) is 6.04 Å². The lowest BCUT2D eigenvalue weighted by Gasteiger charge is -2.23. The number of methoxy groups -OCH3 is 3. The SMILES string of the molecule is COCCC(C)C(Cc1ccc(OC)c(OC)c1)NN.